The molecule has 2 saturated carbocycles. The molecule has 3 N–H and O–H groups in total. The van der Waals surface area contributed by atoms with Crippen LogP contribution < -0.4 is 5.32 Å². The molecule has 0 spiro atoms. The Bertz CT molecular complexity index is 1590. The Balaban J connectivity index is 1.16. The molecule has 1 saturated heterocycles. The zero-order chi connectivity index (χ0) is 27.2. The molecule has 3 aliphatic rings. The minimum absolute atomic E-state index is 0.111. The molecule has 1 amide bonds. The van der Waals surface area contributed by atoms with Crippen molar-refractivity contribution >= 4 is 33.1 Å². The third kappa shape index (κ3) is 3.96. The van der Waals surface area contributed by atoms with Crippen LogP contribution in [0.1, 0.15) is 78.5 Å². The molecule has 0 aromatic carbocycles. The smallest absolute Gasteiger partial charge is 0.234 e. The maximum Gasteiger partial charge on any atom is 0.234 e. The van der Waals surface area contributed by atoms with E-state index in [1.165, 1.54) is 55.0 Å². The van der Waals surface area contributed by atoms with E-state index in [-0.39, 0.29) is 18.1 Å². The molecular weight excluding hydrogens is 508 g/mol. The summed E-state index contributed by atoms with van der Waals surface area (Å²) in [5.41, 5.74) is 8.57. The summed E-state index contributed by atoms with van der Waals surface area (Å²) in [7, 11) is 0. The normalized spacial score (nSPS) is 26.8. The number of nitrogens with zero attached hydrogens (tertiary/aromatic N) is 4. The van der Waals surface area contributed by atoms with Crippen LogP contribution in [-0.2, 0) is 4.79 Å². The highest BCUT2D eigenvalue weighted by molar-refractivity contribution is 7.19. The van der Waals surface area contributed by atoms with Gasteiger partial charge in [-0.2, -0.15) is 5.10 Å². The number of aliphatic hydroxyl groups is 1. The number of hydrogen-bond donors (Lipinski definition) is 3. The Morgan fingerprint density at radius 2 is 1.97 bits per heavy atom. The predicted octanol–water partition coefficient (Wildman–Crippen LogP) is 4.81. The monoisotopic (exact) mass is 546 g/mol. The number of H-pyrrole nitrogens is 1. The van der Waals surface area contributed by atoms with E-state index in [1.54, 1.807) is 6.33 Å². The van der Waals surface area contributed by atoms with Crippen LogP contribution in [0.4, 0.5) is 0 Å². The van der Waals surface area contributed by atoms with Gasteiger partial charge in [-0.25, -0.2) is 9.50 Å². The number of aromatic nitrogens is 4. The lowest BCUT2D eigenvalue weighted by Crippen LogP contribution is -2.50. The highest BCUT2D eigenvalue weighted by atomic mass is 32.1. The molecular formula is C30H38N6O2S. The fourth-order valence-corrected chi connectivity index (χ4v) is 9.00. The molecule has 2 aliphatic carbocycles. The number of likely N-dealkylation sites (tertiary alicyclic amines) is 1. The first kappa shape index (κ1) is 25.2. The van der Waals surface area contributed by atoms with E-state index in [4.69, 9.17) is 0 Å². The first-order chi connectivity index (χ1) is 18.7. The van der Waals surface area contributed by atoms with Crippen LogP contribution in [-0.4, -0.2) is 66.8 Å². The Hall–Kier alpha value is -2.75. The van der Waals surface area contributed by atoms with Crippen molar-refractivity contribution in [2.45, 2.75) is 90.3 Å². The lowest BCUT2D eigenvalue weighted by atomic mass is 9.88. The Kier molecular flexibility index (Phi) is 5.92. The van der Waals surface area contributed by atoms with Gasteiger partial charge in [0.25, 0.3) is 0 Å². The summed E-state index contributed by atoms with van der Waals surface area (Å²) in [6, 6.07) is 0.639. The number of carbonyl (C=O) groups is 1. The van der Waals surface area contributed by atoms with Crippen molar-refractivity contribution in [2.75, 3.05) is 13.1 Å². The Morgan fingerprint density at radius 1 is 1.18 bits per heavy atom. The topological polar surface area (TPSA) is 98.5 Å². The number of aromatic amines is 1. The molecule has 8 nitrogen and oxygen atoms in total. The third-order valence-corrected chi connectivity index (χ3v) is 11.1. The molecule has 5 heterocycles. The number of rotatable bonds is 6. The fourth-order valence-electron chi connectivity index (χ4n) is 7.57. The SMILES string of the molecule is Cc1c(-c2[nH]c3sc([C@@H]4C[C@@H]5C[C@H]4CN5CC(=O)N[C@H]4C[C@@H](O)C4)c(C)c3c2C(C)C)cn2ncnc2c1C. The Labute approximate surface area is 232 Å². The molecule has 7 rings (SSSR count). The second-order valence-electron chi connectivity index (χ2n) is 12.5. The molecule has 0 radical (unpaired) electrons. The Morgan fingerprint density at radius 3 is 2.67 bits per heavy atom. The van der Waals surface area contributed by atoms with E-state index in [2.05, 4.69) is 66.1 Å². The van der Waals surface area contributed by atoms with E-state index in [9.17, 15) is 9.90 Å². The van der Waals surface area contributed by atoms with Crippen molar-refractivity contribution in [3.63, 3.8) is 0 Å². The summed E-state index contributed by atoms with van der Waals surface area (Å²) in [6.45, 7) is 12.7. The molecule has 0 unspecified atom stereocenters. The van der Waals surface area contributed by atoms with E-state index in [1.807, 2.05) is 15.9 Å². The highest BCUT2D eigenvalue weighted by Crippen LogP contribution is 2.53. The van der Waals surface area contributed by atoms with Crippen LogP contribution in [0.25, 0.3) is 27.1 Å². The molecule has 4 aromatic rings. The van der Waals surface area contributed by atoms with E-state index < -0.39 is 0 Å². The summed E-state index contributed by atoms with van der Waals surface area (Å²) in [6.07, 6.45) is 7.21. The maximum atomic E-state index is 12.6. The number of carbonyl (C=O) groups excluding carboxylic acids is 1. The molecule has 206 valence electrons. The van der Waals surface area contributed by atoms with Crippen molar-refractivity contribution in [3.8, 4) is 11.3 Å². The van der Waals surface area contributed by atoms with Gasteiger partial charge in [0.2, 0.25) is 5.91 Å². The van der Waals surface area contributed by atoms with Gasteiger partial charge in [0, 0.05) is 40.7 Å². The van der Waals surface area contributed by atoms with E-state index in [0.717, 1.165) is 18.6 Å². The lowest BCUT2D eigenvalue weighted by molar-refractivity contribution is -0.124. The van der Waals surface area contributed by atoms with Crippen molar-refractivity contribution in [2.24, 2.45) is 5.92 Å². The van der Waals surface area contributed by atoms with Gasteiger partial charge in [-0.15, -0.1) is 11.3 Å². The van der Waals surface area contributed by atoms with Gasteiger partial charge in [0.1, 0.15) is 11.2 Å². The van der Waals surface area contributed by atoms with Crippen LogP contribution in [0.3, 0.4) is 0 Å². The van der Waals surface area contributed by atoms with E-state index in [0.29, 0.717) is 43.2 Å². The van der Waals surface area contributed by atoms with Gasteiger partial charge in [0.05, 0.1) is 18.3 Å². The van der Waals surface area contributed by atoms with Crippen LogP contribution in [0.15, 0.2) is 12.5 Å². The van der Waals surface area contributed by atoms with Crippen LogP contribution in [0, 0.1) is 26.7 Å². The standard InChI is InChI=1S/C30H38N6O2S/c1-14(2)25-26-17(5)28(22-9-20-6-18(22)10-35(20)12-24(38)33-19-7-21(37)8-19)39-30(26)34-27(25)23-11-36-29(31-13-32-36)16(4)15(23)3/h11,13-14,18-22,34,37H,6-10,12H2,1-5H3,(H,33,38)/t18-,19-,20-,21+,22+/m0/s1. The molecule has 1 aliphatic heterocycles. The van der Waals surface area contributed by atoms with Gasteiger partial charge in [-0.05, 0) is 86.5 Å². The number of nitrogens with one attached hydrogen (secondary N) is 2. The van der Waals surface area contributed by atoms with Crippen LogP contribution >= 0.6 is 11.3 Å². The molecule has 4 aromatic heterocycles. The van der Waals surface area contributed by atoms with Crippen molar-refractivity contribution in [3.05, 3.63) is 39.7 Å². The minimum Gasteiger partial charge on any atom is -0.393 e. The summed E-state index contributed by atoms with van der Waals surface area (Å²) >= 11 is 1.95. The second kappa shape index (κ2) is 9.14. The van der Waals surface area contributed by atoms with Gasteiger partial charge in [-0.1, -0.05) is 13.8 Å². The first-order valence-corrected chi connectivity index (χ1v) is 15.2. The maximum absolute atomic E-state index is 12.6. The summed E-state index contributed by atoms with van der Waals surface area (Å²) in [5.74, 6) is 1.67. The summed E-state index contributed by atoms with van der Waals surface area (Å²) in [5, 5.41) is 18.4. The molecule has 2 bridgehead atoms. The molecule has 3 atom stereocenters. The second-order valence-corrected chi connectivity index (χ2v) is 13.5. The molecule has 39 heavy (non-hydrogen) atoms. The highest BCUT2D eigenvalue weighted by Gasteiger charge is 2.47. The predicted molar refractivity (Wildman–Crippen MR) is 154 cm³/mol. The lowest BCUT2D eigenvalue weighted by Gasteiger charge is -2.34. The number of piperidine rings is 1. The third-order valence-electron chi connectivity index (χ3n) is 9.75. The van der Waals surface area contributed by atoms with Gasteiger partial charge >= 0.3 is 0 Å². The summed E-state index contributed by atoms with van der Waals surface area (Å²) in [4.78, 5) is 26.1. The van der Waals surface area contributed by atoms with Gasteiger partial charge in [-0.3, -0.25) is 9.69 Å². The van der Waals surface area contributed by atoms with E-state index >= 15 is 0 Å². The van der Waals surface area contributed by atoms with Gasteiger partial charge < -0.3 is 15.4 Å². The van der Waals surface area contributed by atoms with Crippen LogP contribution in [0.5, 0.6) is 0 Å². The average molecular weight is 547 g/mol. The molecule has 9 heteroatoms. The number of hydrogen-bond acceptors (Lipinski definition) is 6. The number of aryl methyl sites for hydroxylation is 2. The van der Waals surface area contributed by atoms with Gasteiger partial charge in [0.15, 0.2) is 5.65 Å². The van der Waals surface area contributed by atoms with Crippen molar-refractivity contribution < 1.29 is 9.90 Å². The first-order valence-electron chi connectivity index (χ1n) is 14.4. The van der Waals surface area contributed by atoms with Crippen LogP contribution in [0.2, 0.25) is 0 Å². The fraction of sp³-hybridized carbons (Fsp3) is 0.567. The van der Waals surface area contributed by atoms with Crippen molar-refractivity contribution in [1.29, 1.82) is 0 Å². The average Bonchev–Trinajstić information content (AvgIpc) is 3.67. The zero-order valence-corrected chi connectivity index (χ0v) is 24.2. The number of aliphatic hydroxyl groups excluding tert-OH is 1. The molecule has 3 fully saturated rings. The number of amides is 1. The van der Waals surface area contributed by atoms with Crippen molar-refractivity contribution in [1.82, 2.24) is 29.8 Å². The summed E-state index contributed by atoms with van der Waals surface area (Å²) < 4.78 is 1.89. The quantitative estimate of drug-likeness (QED) is 0.323. The largest absolute Gasteiger partial charge is 0.393 e. The number of pyridine rings is 1. The number of thiophene rings is 1. The number of fused-ring (bicyclic) bond motifs is 4. The minimum atomic E-state index is -0.239. The zero-order valence-electron chi connectivity index (χ0n) is 23.4.